The molecule has 1 fully saturated rings. The van der Waals surface area contributed by atoms with E-state index in [9.17, 15) is 14.7 Å². The van der Waals surface area contributed by atoms with Gasteiger partial charge in [-0.05, 0) is 69.2 Å². The van der Waals surface area contributed by atoms with Gasteiger partial charge in [0, 0.05) is 25.8 Å². The van der Waals surface area contributed by atoms with E-state index in [1.807, 2.05) is 32.9 Å². The van der Waals surface area contributed by atoms with Crippen LogP contribution >= 0.6 is 0 Å². The number of nitrogens with zero attached hydrogens (tertiary/aromatic N) is 1. The lowest BCUT2D eigenvalue weighted by Crippen LogP contribution is -2.31. The summed E-state index contributed by atoms with van der Waals surface area (Å²) in [6.07, 6.45) is 0.583. The minimum Gasteiger partial charge on any atom is -0.507 e. The molecule has 0 bridgehead atoms. The molecule has 176 valence electrons. The van der Waals surface area contributed by atoms with E-state index in [0.717, 1.165) is 5.56 Å². The van der Waals surface area contributed by atoms with Crippen molar-refractivity contribution in [3.8, 4) is 11.5 Å². The maximum atomic E-state index is 13.0. The zero-order valence-electron chi connectivity index (χ0n) is 19.5. The predicted molar refractivity (Wildman–Crippen MR) is 125 cm³/mol. The topological polar surface area (TPSA) is 85.3 Å². The highest BCUT2D eigenvalue weighted by atomic mass is 16.5. The molecule has 7 heteroatoms. The number of ether oxygens (including phenoxy) is 3. The molecule has 1 aliphatic heterocycles. The number of aliphatic hydroxyl groups is 1. The molecule has 1 N–H and O–H groups in total. The Hall–Kier alpha value is -3.32. The number of likely N-dealkylation sites (tertiary alicyclic amines) is 1. The van der Waals surface area contributed by atoms with Crippen LogP contribution in [-0.4, -0.2) is 54.7 Å². The van der Waals surface area contributed by atoms with Gasteiger partial charge in [0.2, 0.25) is 0 Å². The van der Waals surface area contributed by atoms with Gasteiger partial charge in [0.1, 0.15) is 17.3 Å². The summed E-state index contributed by atoms with van der Waals surface area (Å²) in [5.41, 5.74) is 1.23. The van der Waals surface area contributed by atoms with Crippen LogP contribution in [0.3, 0.4) is 0 Å². The molecule has 7 nitrogen and oxygen atoms in total. The maximum Gasteiger partial charge on any atom is 0.295 e. The molecule has 33 heavy (non-hydrogen) atoms. The monoisotopic (exact) mass is 453 g/mol. The van der Waals surface area contributed by atoms with Gasteiger partial charge in [0.05, 0.1) is 24.3 Å². The number of amides is 1. The Morgan fingerprint density at radius 3 is 2.24 bits per heavy atom. The largest absolute Gasteiger partial charge is 0.507 e. The van der Waals surface area contributed by atoms with Gasteiger partial charge < -0.3 is 24.2 Å². The SMILES string of the molecule is CCOc1ccc(C2/C(=C(\O)c3ccc(OC(C)C)cc3)C(=O)C(=O)N2CCCOC)cc1. The Kier molecular flexibility index (Phi) is 8.11. The number of carbonyl (C=O) groups excluding carboxylic acids is 2. The van der Waals surface area contributed by atoms with Gasteiger partial charge in [0.15, 0.2) is 0 Å². The number of carbonyl (C=O) groups is 2. The molecule has 0 spiro atoms. The van der Waals surface area contributed by atoms with Crippen molar-refractivity contribution in [1.29, 1.82) is 0 Å². The Bertz CT molecular complexity index is 994. The number of rotatable bonds is 10. The third kappa shape index (κ3) is 5.54. The molecule has 1 atom stereocenters. The number of ketones is 1. The fraction of sp³-hybridized carbons (Fsp3) is 0.385. The molecule has 1 saturated heterocycles. The fourth-order valence-electron chi connectivity index (χ4n) is 3.87. The molecule has 1 heterocycles. The summed E-state index contributed by atoms with van der Waals surface area (Å²) in [5.74, 6) is -0.196. The van der Waals surface area contributed by atoms with Crippen LogP contribution in [0.5, 0.6) is 11.5 Å². The number of benzene rings is 2. The molecular formula is C26H31NO6. The van der Waals surface area contributed by atoms with Gasteiger partial charge in [0.25, 0.3) is 11.7 Å². The van der Waals surface area contributed by atoms with Crippen LogP contribution in [0.25, 0.3) is 5.76 Å². The molecule has 0 saturated carbocycles. The molecule has 1 aliphatic rings. The van der Waals surface area contributed by atoms with Crippen molar-refractivity contribution in [2.24, 2.45) is 0 Å². The van der Waals surface area contributed by atoms with Gasteiger partial charge in [-0.2, -0.15) is 0 Å². The van der Waals surface area contributed by atoms with Gasteiger partial charge in [-0.25, -0.2) is 0 Å². The van der Waals surface area contributed by atoms with Crippen molar-refractivity contribution in [1.82, 2.24) is 4.90 Å². The number of methoxy groups -OCH3 is 1. The normalized spacial score (nSPS) is 17.6. The molecule has 0 radical (unpaired) electrons. The molecule has 2 aromatic carbocycles. The minimum atomic E-state index is -0.705. The second kappa shape index (κ2) is 11.0. The first-order chi connectivity index (χ1) is 15.9. The van der Waals surface area contributed by atoms with Crippen LogP contribution in [0.2, 0.25) is 0 Å². The zero-order valence-corrected chi connectivity index (χ0v) is 19.5. The third-order valence-electron chi connectivity index (χ3n) is 5.29. The van der Waals surface area contributed by atoms with E-state index in [0.29, 0.717) is 43.2 Å². The van der Waals surface area contributed by atoms with Crippen LogP contribution in [0.1, 0.15) is 44.4 Å². The van der Waals surface area contributed by atoms with E-state index in [-0.39, 0.29) is 17.4 Å². The van der Waals surface area contributed by atoms with Gasteiger partial charge in [-0.1, -0.05) is 12.1 Å². The zero-order chi connectivity index (χ0) is 24.0. The van der Waals surface area contributed by atoms with Crippen molar-refractivity contribution in [3.05, 3.63) is 65.2 Å². The summed E-state index contributed by atoms with van der Waals surface area (Å²) >= 11 is 0. The van der Waals surface area contributed by atoms with Crippen LogP contribution in [0, 0.1) is 0 Å². The van der Waals surface area contributed by atoms with Crippen molar-refractivity contribution < 1.29 is 28.9 Å². The summed E-state index contributed by atoms with van der Waals surface area (Å²) < 4.78 is 16.3. The van der Waals surface area contributed by atoms with E-state index in [1.165, 1.54) is 4.90 Å². The van der Waals surface area contributed by atoms with Gasteiger partial charge >= 0.3 is 0 Å². The van der Waals surface area contributed by atoms with Crippen LogP contribution in [0.4, 0.5) is 0 Å². The molecule has 0 aromatic heterocycles. The fourth-order valence-corrected chi connectivity index (χ4v) is 3.87. The number of aliphatic hydroxyl groups excluding tert-OH is 1. The second-order valence-corrected chi connectivity index (χ2v) is 8.03. The van der Waals surface area contributed by atoms with Gasteiger partial charge in [-0.3, -0.25) is 9.59 Å². The third-order valence-corrected chi connectivity index (χ3v) is 5.29. The number of Topliss-reactive ketones (excluding diaryl/α,β-unsaturated/α-hetero) is 1. The van der Waals surface area contributed by atoms with Crippen LogP contribution in [-0.2, 0) is 14.3 Å². The Balaban J connectivity index is 2.03. The maximum absolute atomic E-state index is 13.0. The van der Waals surface area contributed by atoms with Crippen molar-refractivity contribution >= 4 is 17.4 Å². The van der Waals surface area contributed by atoms with Crippen molar-refractivity contribution in [2.45, 2.75) is 39.3 Å². The van der Waals surface area contributed by atoms with Crippen molar-refractivity contribution in [2.75, 3.05) is 26.9 Å². The quantitative estimate of drug-likeness (QED) is 0.249. The Morgan fingerprint density at radius 1 is 1.03 bits per heavy atom. The molecule has 1 unspecified atom stereocenters. The summed E-state index contributed by atoms with van der Waals surface area (Å²) in [4.78, 5) is 27.5. The average Bonchev–Trinajstić information content (AvgIpc) is 3.05. The molecular weight excluding hydrogens is 422 g/mol. The molecule has 0 aliphatic carbocycles. The predicted octanol–water partition coefficient (Wildman–Crippen LogP) is 4.33. The van der Waals surface area contributed by atoms with E-state index >= 15 is 0 Å². The first kappa shape index (κ1) is 24.3. The summed E-state index contributed by atoms with van der Waals surface area (Å²) in [7, 11) is 1.59. The van der Waals surface area contributed by atoms with Crippen LogP contribution < -0.4 is 9.47 Å². The number of hydrogen-bond donors (Lipinski definition) is 1. The van der Waals surface area contributed by atoms with E-state index in [2.05, 4.69) is 0 Å². The first-order valence-corrected chi connectivity index (χ1v) is 11.1. The lowest BCUT2D eigenvalue weighted by molar-refractivity contribution is -0.140. The second-order valence-electron chi connectivity index (χ2n) is 8.03. The van der Waals surface area contributed by atoms with Gasteiger partial charge in [-0.15, -0.1) is 0 Å². The molecule has 1 amide bonds. The number of hydrogen-bond acceptors (Lipinski definition) is 6. The van der Waals surface area contributed by atoms with E-state index < -0.39 is 17.7 Å². The molecule has 2 aromatic rings. The highest BCUT2D eigenvalue weighted by molar-refractivity contribution is 6.46. The standard InChI is InChI=1S/C26H31NO6/c1-5-32-20-11-7-18(8-12-20)23-22(25(29)26(30)27(23)15-6-16-31-4)24(28)19-9-13-21(14-10-19)33-17(2)3/h7-14,17,23,28H,5-6,15-16H2,1-4H3/b24-22+. The highest BCUT2D eigenvalue weighted by Crippen LogP contribution is 2.40. The lowest BCUT2D eigenvalue weighted by atomic mass is 9.95. The molecule has 3 rings (SSSR count). The Morgan fingerprint density at radius 2 is 1.67 bits per heavy atom. The minimum absolute atomic E-state index is 0.0153. The van der Waals surface area contributed by atoms with Crippen LogP contribution in [0.15, 0.2) is 54.1 Å². The van der Waals surface area contributed by atoms with E-state index in [1.54, 1.807) is 43.5 Å². The summed E-state index contributed by atoms with van der Waals surface area (Å²) in [6.45, 7) is 7.07. The lowest BCUT2D eigenvalue weighted by Gasteiger charge is -2.25. The Labute approximate surface area is 194 Å². The average molecular weight is 454 g/mol. The first-order valence-electron chi connectivity index (χ1n) is 11.1. The summed E-state index contributed by atoms with van der Waals surface area (Å²) in [5, 5.41) is 11.1. The van der Waals surface area contributed by atoms with Crippen molar-refractivity contribution in [3.63, 3.8) is 0 Å². The summed E-state index contributed by atoms with van der Waals surface area (Å²) in [6, 6.07) is 13.4. The van der Waals surface area contributed by atoms with E-state index in [4.69, 9.17) is 14.2 Å². The smallest absolute Gasteiger partial charge is 0.295 e. The highest BCUT2D eigenvalue weighted by Gasteiger charge is 2.45.